The molecule has 2 amide bonds. The first-order chi connectivity index (χ1) is 28.3. The van der Waals surface area contributed by atoms with Gasteiger partial charge in [-0.05, 0) is 158 Å². The average Bonchev–Trinajstić information content (AvgIpc) is 3.28. The fourth-order valence-electron chi connectivity index (χ4n) is 6.29. The molecule has 0 fully saturated rings. The molecular formula is C47H41N5O6. The first-order valence-electron chi connectivity index (χ1n) is 18.3. The third kappa shape index (κ3) is 8.85. The van der Waals surface area contributed by atoms with Crippen molar-refractivity contribution in [3.63, 3.8) is 0 Å². The quantitative estimate of drug-likeness (QED) is 0.111. The van der Waals surface area contributed by atoms with E-state index in [4.69, 9.17) is 18.9 Å². The van der Waals surface area contributed by atoms with Crippen molar-refractivity contribution in [3.05, 3.63) is 175 Å². The van der Waals surface area contributed by atoms with E-state index in [1.54, 1.807) is 46.6 Å². The number of benzene rings is 6. The van der Waals surface area contributed by atoms with Crippen molar-refractivity contribution in [1.82, 2.24) is 4.98 Å². The van der Waals surface area contributed by atoms with E-state index < -0.39 is 11.8 Å². The molecule has 11 nitrogen and oxygen atoms in total. The van der Waals surface area contributed by atoms with Gasteiger partial charge in [0.2, 0.25) is 0 Å². The molecule has 7 rings (SSSR count). The lowest BCUT2D eigenvalue weighted by Gasteiger charge is -2.26. The molecule has 0 saturated carbocycles. The van der Waals surface area contributed by atoms with Gasteiger partial charge in [-0.3, -0.25) is 9.59 Å². The summed E-state index contributed by atoms with van der Waals surface area (Å²) in [5.41, 5.74) is 6.73. The first-order valence-corrected chi connectivity index (χ1v) is 18.3. The highest BCUT2D eigenvalue weighted by Gasteiger charge is 2.17. The van der Waals surface area contributed by atoms with Crippen LogP contribution < -0.4 is 39.4 Å². The standard InChI is InChI=1S/C47H41N5O6/c1-55-40-24-16-36(17-25-40)51(37-18-26-41(56-2)27-19-37)34-12-8-32(9-13-34)48-46(53)44-6-5-7-45(50-44)47(54)49-33-10-14-35(15-11-33)52(38-20-28-42(57-3)29-21-38)39-22-30-43(58-4)31-23-39/h5-31H,1-4H3,(H,48,53)(H,49,54). The molecule has 1 aromatic heterocycles. The summed E-state index contributed by atoms with van der Waals surface area (Å²) in [4.78, 5) is 35.3. The molecule has 58 heavy (non-hydrogen) atoms. The highest BCUT2D eigenvalue weighted by Crippen LogP contribution is 2.38. The fraction of sp³-hybridized carbons (Fsp3) is 0.0851. The Morgan fingerprint density at radius 2 is 0.621 bits per heavy atom. The number of nitrogens with one attached hydrogen (secondary N) is 2. The monoisotopic (exact) mass is 771 g/mol. The number of rotatable bonds is 14. The van der Waals surface area contributed by atoms with Gasteiger partial charge in [-0.25, -0.2) is 4.98 Å². The van der Waals surface area contributed by atoms with Crippen LogP contribution in [0, 0.1) is 0 Å². The molecule has 0 aliphatic heterocycles. The van der Waals surface area contributed by atoms with Gasteiger partial charge in [0, 0.05) is 45.5 Å². The van der Waals surface area contributed by atoms with Crippen LogP contribution in [-0.2, 0) is 0 Å². The van der Waals surface area contributed by atoms with E-state index in [9.17, 15) is 9.59 Å². The minimum absolute atomic E-state index is 0.0970. The normalized spacial score (nSPS) is 10.6. The Balaban J connectivity index is 1.04. The van der Waals surface area contributed by atoms with Gasteiger partial charge < -0.3 is 39.4 Å². The number of aromatic nitrogens is 1. The van der Waals surface area contributed by atoms with Crippen molar-refractivity contribution in [2.75, 3.05) is 48.9 Å². The van der Waals surface area contributed by atoms with Crippen LogP contribution in [0.5, 0.6) is 23.0 Å². The van der Waals surface area contributed by atoms with Gasteiger partial charge in [0.1, 0.15) is 34.4 Å². The zero-order chi connectivity index (χ0) is 40.4. The first kappa shape index (κ1) is 38.5. The van der Waals surface area contributed by atoms with E-state index in [-0.39, 0.29) is 11.4 Å². The second-order valence-corrected chi connectivity index (χ2v) is 12.9. The third-order valence-electron chi connectivity index (χ3n) is 9.30. The minimum Gasteiger partial charge on any atom is -0.497 e. The Morgan fingerprint density at radius 3 is 0.862 bits per heavy atom. The minimum atomic E-state index is -0.453. The van der Waals surface area contributed by atoms with Crippen LogP contribution in [0.4, 0.5) is 45.5 Å². The number of carbonyl (C=O) groups is 2. The molecular weight excluding hydrogens is 731 g/mol. The van der Waals surface area contributed by atoms with Crippen molar-refractivity contribution in [3.8, 4) is 23.0 Å². The Kier molecular flexibility index (Phi) is 11.8. The molecule has 0 spiro atoms. The van der Waals surface area contributed by atoms with Gasteiger partial charge in [-0.1, -0.05) is 6.07 Å². The molecule has 11 heteroatoms. The number of hydrogen-bond donors (Lipinski definition) is 2. The summed E-state index contributed by atoms with van der Waals surface area (Å²) in [5, 5.41) is 5.81. The number of hydrogen-bond acceptors (Lipinski definition) is 9. The summed E-state index contributed by atoms with van der Waals surface area (Å²) < 4.78 is 21.5. The molecule has 6 aromatic carbocycles. The van der Waals surface area contributed by atoms with Crippen LogP contribution in [-0.4, -0.2) is 45.2 Å². The van der Waals surface area contributed by atoms with Crippen LogP contribution in [0.1, 0.15) is 21.0 Å². The van der Waals surface area contributed by atoms with E-state index in [1.807, 2.05) is 146 Å². The third-order valence-corrected chi connectivity index (χ3v) is 9.30. The van der Waals surface area contributed by atoms with Crippen molar-refractivity contribution in [2.24, 2.45) is 0 Å². The van der Waals surface area contributed by atoms with E-state index in [1.165, 1.54) is 0 Å². The summed E-state index contributed by atoms with van der Waals surface area (Å²) >= 11 is 0. The molecule has 0 saturated heterocycles. The van der Waals surface area contributed by atoms with Crippen molar-refractivity contribution < 1.29 is 28.5 Å². The van der Waals surface area contributed by atoms with Gasteiger partial charge in [0.05, 0.1) is 28.4 Å². The predicted octanol–water partition coefficient (Wildman–Crippen LogP) is 10.6. The lowest BCUT2D eigenvalue weighted by molar-refractivity contribution is 0.101. The van der Waals surface area contributed by atoms with Gasteiger partial charge in [-0.2, -0.15) is 0 Å². The largest absolute Gasteiger partial charge is 0.497 e. The van der Waals surface area contributed by atoms with Crippen molar-refractivity contribution >= 4 is 57.3 Å². The number of anilines is 8. The van der Waals surface area contributed by atoms with E-state index in [2.05, 4.69) is 25.4 Å². The second kappa shape index (κ2) is 17.8. The number of ether oxygens (including phenoxy) is 4. The van der Waals surface area contributed by atoms with Gasteiger partial charge in [-0.15, -0.1) is 0 Å². The maximum atomic E-state index is 13.4. The maximum Gasteiger partial charge on any atom is 0.274 e. The molecule has 0 unspecified atom stereocenters. The summed E-state index contributed by atoms with van der Waals surface area (Å²) in [6.45, 7) is 0. The highest BCUT2D eigenvalue weighted by molar-refractivity contribution is 6.06. The molecule has 2 N–H and O–H groups in total. The van der Waals surface area contributed by atoms with E-state index in [0.29, 0.717) is 11.4 Å². The Morgan fingerprint density at radius 1 is 0.379 bits per heavy atom. The molecule has 0 atom stereocenters. The summed E-state index contributed by atoms with van der Waals surface area (Å²) in [6.07, 6.45) is 0. The highest BCUT2D eigenvalue weighted by atomic mass is 16.5. The van der Waals surface area contributed by atoms with Gasteiger partial charge in [0.25, 0.3) is 11.8 Å². The number of pyridine rings is 1. The maximum absolute atomic E-state index is 13.4. The smallest absolute Gasteiger partial charge is 0.274 e. The van der Waals surface area contributed by atoms with Crippen molar-refractivity contribution in [2.45, 2.75) is 0 Å². The molecule has 0 bridgehead atoms. The van der Waals surface area contributed by atoms with Crippen LogP contribution >= 0.6 is 0 Å². The van der Waals surface area contributed by atoms with E-state index >= 15 is 0 Å². The molecule has 1 heterocycles. The summed E-state index contributed by atoms with van der Waals surface area (Å²) in [5.74, 6) is 2.09. The van der Waals surface area contributed by atoms with Crippen LogP contribution in [0.2, 0.25) is 0 Å². The number of carbonyl (C=O) groups excluding carboxylic acids is 2. The average molecular weight is 772 g/mol. The number of nitrogens with zero attached hydrogens (tertiary/aromatic N) is 3. The summed E-state index contributed by atoms with van der Waals surface area (Å²) in [6, 6.07) is 50.7. The molecule has 0 aliphatic rings. The predicted molar refractivity (Wildman–Crippen MR) is 229 cm³/mol. The Labute approximate surface area is 337 Å². The number of methoxy groups -OCH3 is 4. The molecule has 7 aromatic rings. The molecule has 0 radical (unpaired) electrons. The van der Waals surface area contributed by atoms with Gasteiger partial charge >= 0.3 is 0 Å². The van der Waals surface area contributed by atoms with E-state index in [0.717, 1.165) is 57.1 Å². The lowest BCUT2D eigenvalue weighted by Crippen LogP contribution is -2.18. The SMILES string of the molecule is COc1ccc(N(c2ccc(NC(=O)c3cccc(C(=O)Nc4ccc(N(c5ccc(OC)cc5)c5ccc(OC)cc5)cc4)n3)cc2)c2ccc(OC)cc2)cc1. The number of amides is 2. The van der Waals surface area contributed by atoms with Crippen molar-refractivity contribution in [1.29, 1.82) is 0 Å². The zero-order valence-corrected chi connectivity index (χ0v) is 32.4. The Bertz CT molecular complexity index is 2190. The lowest BCUT2D eigenvalue weighted by atomic mass is 10.1. The molecule has 290 valence electrons. The Hall–Kier alpha value is -7.79. The van der Waals surface area contributed by atoms with Gasteiger partial charge in [0.15, 0.2) is 0 Å². The fourth-order valence-corrected chi connectivity index (χ4v) is 6.29. The topological polar surface area (TPSA) is 114 Å². The summed E-state index contributed by atoms with van der Waals surface area (Å²) in [7, 11) is 6.53. The van der Waals surface area contributed by atoms with Crippen LogP contribution in [0.15, 0.2) is 164 Å². The molecule has 0 aliphatic carbocycles. The van der Waals surface area contributed by atoms with Crippen LogP contribution in [0.25, 0.3) is 0 Å². The zero-order valence-electron chi connectivity index (χ0n) is 32.4. The van der Waals surface area contributed by atoms with Crippen LogP contribution in [0.3, 0.4) is 0 Å². The second-order valence-electron chi connectivity index (χ2n) is 12.9.